The van der Waals surface area contributed by atoms with E-state index in [2.05, 4.69) is 19.2 Å². The second-order valence-electron chi connectivity index (χ2n) is 5.74. The first-order valence-electron chi connectivity index (χ1n) is 7.60. The molecule has 122 valence electrons. The Labute approximate surface area is 128 Å². The highest BCUT2D eigenvalue weighted by Gasteiger charge is 2.28. The smallest absolute Gasteiger partial charge is 0.276 e. The van der Waals surface area contributed by atoms with Crippen molar-refractivity contribution in [3.05, 3.63) is 17.9 Å². The van der Waals surface area contributed by atoms with Crippen LogP contribution in [0.5, 0.6) is 0 Å². The molecular weight excluding hydrogens is 288 g/mol. The Morgan fingerprint density at radius 1 is 1.24 bits per heavy atom. The van der Waals surface area contributed by atoms with Gasteiger partial charge < -0.3 is 9.73 Å². The zero-order chi connectivity index (χ0) is 16.0. The summed E-state index contributed by atoms with van der Waals surface area (Å²) >= 11 is 0. The summed E-state index contributed by atoms with van der Waals surface area (Å²) in [6, 6.07) is 3.27. The SMILES string of the molecule is CCC(CC)N(C)S(=O)(=O)c1ccc(CNCC(C)C)o1. The number of hydrogen-bond donors (Lipinski definition) is 1. The van der Waals surface area contributed by atoms with E-state index in [1.54, 1.807) is 19.2 Å². The summed E-state index contributed by atoms with van der Waals surface area (Å²) in [7, 11) is -1.93. The maximum atomic E-state index is 12.5. The molecule has 0 atom stereocenters. The standard InChI is InChI=1S/C15H28N2O3S/c1-6-13(7-2)17(5)21(18,19)15-9-8-14(20-15)11-16-10-12(3)4/h8-9,12-13,16H,6-7,10-11H2,1-5H3. The summed E-state index contributed by atoms with van der Waals surface area (Å²) in [5, 5.41) is 3.26. The minimum Gasteiger partial charge on any atom is -0.447 e. The number of sulfonamides is 1. The number of nitrogens with one attached hydrogen (secondary N) is 1. The average Bonchev–Trinajstić information content (AvgIpc) is 2.89. The number of hydrogen-bond acceptors (Lipinski definition) is 4. The van der Waals surface area contributed by atoms with Crippen LogP contribution < -0.4 is 5.32 Å². The molecule has 0 aliphatic heterocycles. The molecule has 0 saturated heterocycles. The molecule has 0 aliphatic rings. The predicted molar refractivity (Wildman–Crippen MR) is 84.6 cm³/mol. The van der Waals surface area contributed by atoms with Crippen molar-refractivity contribution in [3.8, 4) is 0 Å². The zero-order valence-electron chi connectivity index (χ0n) is 13.7. The van der Waals surface area contributed by atoms with Gasteiger partial charge in [0, 0.05) is 13.1 Å². The van der Waals surface area contributed by atoms with E-state index in [1.165, 1.54) is 4.31 Å². The van der Waals surface area contributed by atoms with Crippen LogP contribution in [0.3, 0.4) is 0 Å². The van der Waals surface area contributed by atoms with Crippen molar-refractivity contribution in [2.75, 3.05) is 13.6 Å². The molecule has 0 unspecified atom stereocenters. The van der Waals surface area contributed by atoms with Gasteiger partial charge in [0.2, 0.25) is 5.09 Å². The van der Waals surface area contributed by atoms with Gasteiger partial charge in [0.1, 0.15) is 5.76 Å². The highest BCUT2D eigenvalue weighted by molar-refractivity contribution is 7.89. The third kappa shape index (κ3) is 4.83. The van der Waals surface area contributed by atoms with Gasteiger partial charge in [-0.25, -0.2) is 8.42 Å². The van der Waals surface area contributed by atoms with E-state index in [-0.39, 0.29) is 11.1 Å². The molecule has 0 spiro atoms. The molecule has 0 fully saturated rings. The lowest BCUT2D eigenvalue weighted by Gasteiger charge is -2.24. The Bertz CT molecular complexity index is 519. The fourth-order valence-corrected chi connectivity index (χ4v) is 3.64. The van der Waals surface area contributed by atoms with E-state index in [9.17, 15) is 8.42 Å². The van der Waals surface area contributed by atoms with Crippen molar-refractivity contribution in [2.45, 2.75) is 58.2 Å². The Balaban J connectivity index is 2.78. The van der Waals surface area contributed by atoms with Crippen molar-refractivity contribution in [3.63, 3.8) is 0 Å². The van der Waals surface area contributed by atoms with Crippen LogP contribution in [0.2, 0.25) is 0 Å². The quantitative estimate of drug-likeness (QED) is 0.761. The largest absolute Gasteiger partial charge is 0.447 e. The van der Waals surface area contributed by atoms with E-state index >= 15 is 0 Å². The van der Waals surface area contributed by atoms with E-state index in [1.807, 2.05) is 13.8 Å². The highest BCUT2D eigenvalue weighted by atomic mass is 32.2. The first-order valence-corrected chi connectivity index (χ1v) is 9.04. The first kappa shape index (κ1) is 18.2. The average molecular weight is 316 g/mol. The van der Waals surface area contributed by atoms with Crippen LogP contribution in [0.1, 0.15) is 46.3 Å². The van der Waals surface area contributed by atoms with Gasteiger partial charge in [0.05, 0.1) is 6.54 Å². The molecule has 1 heterocycles. The minimum atomic E-state index is -3.54. The van der Waals surface area contributed by atoms with Crippen molar-refractivity contribution in [1.82, 2.24) is 9.62 Å². The second-order valence-corrected chi connectivity index (χ2v) is 7.67. The lowest BCUT2D eigenvalue weighted by atomic mass is 10.2. The monoisotopic (exact) mass is 316 g/mol. The van der Waals surface area contributed by atoms with Crippen molar-refractivity contribution >= 4 is 10.0 Å². The molecule has 1 aromatic rings. The number of nitrogens with zero attached hydrogens (tertiary/aromatic N) is 1. The third-order valence-corrected chi connectivity index (χ3v) is 5.36. The maximum absolute atomic E-state index is 12.5. The molecule has 0 radical (unpaired) electrons. The van der Waals surface area contributed by atoms with Crippen LogP contribution in [0, 0.1) is 5.92 Å². The van der Waals surface area contributed by atoms with E-state index in [0.29, 0.717) is 18.2 Å². The van der Waals surface area contributed by atoms with Crippen molar-refractivity contribution < 1.29 is 12.8 Å². The lowest BCUT2D eigenvalue weighted by molar-refractivity contribution is 0.328. The van der Waals surface area contributed by atoms with E-state index in [4.69, 9.17) is 4.42 Å². The second kappa shape index (κ2) is 7.96. The van der Waals surface area contributed by atoms with Gasteiger partial charge in [-0.3, -0.25) is 0 Å². The molecule has 1 aromatic heterocycles. The van der Waals surface area contributed by atoms with Crippen LogP contribution in [0.25, 0.3) is 0 Å². The Hall–Kier alpha value is -0.850. The van der Waals surface area contributed by atoms with Gasteiger partial charge in [0.15, 0.2) is 0 Å². The van der Waals surface area contributed by atoms with Crippen LogP contribution in [0.4, 0.5) is 0 Å². The summed E-state index contributed by atoms with van der Waals surface area (Å²) < 4.78 is 31.9. The van der Waals surface area contributed by atoms with E-state index < -0.39 is 10.0 Å². The molecule has 5 nitrogen and oxygen atoms in total. The fraction of sp³-hybridized carbons (Fsp3) is 0.733. The molecule has 0 aliphatic carbocycles. The Morgan fingerprint density at radius 3 is 2.38 bits per heavy atom. The molecular formula is C15H28N2O3S. The lowest BCUT2D eigenvalue weighted by Crippen LogP contribution is -2.36. The minimum absolute atomic E-state index is 0.00242. The van der Waals surface area contributed by atoms with Crippen molar-refractivity contribution in [1.29, 1.82) is 0 Å². The number of rotatable bonds is 9. The Kier molecular flexibility index (Phi) is 6.90. The molecule has 0 saturated carbocycles. The van der Waals surface area contributed by atoms with Gasteiger partial charge in [0.25, 0.3) is 10.0 Å². The van der Waals surface area contributed by atoms with Crippen LogP contribution >= 0.6 is 0 Å². The molecule has 21 heavy (non-hydrogen) atoms. The molecule has 0 aromatic carbocycles. The van der Waals surface area contributed by atoms with Crippen LogP contribution in [-0.2, 0) is 16.6 Å². The normalized spacial score (nSPS) is 12.8. The molecule has 0 bridgehead atoms. The fourth-order valence-electron chi connectivity index (χ4n) is 2.22. The van der Waals surface area contributed by atoms with Gasteiger partial charge in [-0.2, -0.15) is 4.31 Å². The van der Waals surface area contributed by atoms with Gasteiger partial charge in [-0.1, -0.05) is 27.7 Å². The van der Waals surface area contributed by atoms with Gasteiger partial charge >= 0.3 is 0 Å². The van der Waals surface area contributed by atoms with Gasteiger partial charge in [-0.05, 0) is 37.4 Å². The topological polar surface area (TPSA) is 62.6 Å². The third-order valence-electron chi connectivity index (χ3n) is 3.58. The van der Waals surface area contributed by atoms with E-state index in [0.717, 1.165) is 19.4 Å². The summed E-state index contributed by atoms with van der Waals surface area (Å²) in [6.07, 6.45) is 1.57. The summed E-state index contributed by atoms with van der Waals surface area (Å²) in [4.78, 5) is 0. The molecule has 6 heteroatoms. The van der Waals surface area contributed by atoms with Crippen LogP contribution in [0.15, 0.2) is 21.6 Å². The molecule has 1 N–H and O–H groups in total. The summed E-state index contributed by atoms with van der Waals surface area (Å²) in [5.41, 5.74) is 0. The molecule has 1 rings (SSSR count). The maximum Gasteiger partial charge on any atom is 0.276 e. The molecule has 0 amide bonds. The zero-order valence-corrected chi connectivity index (χ0v) is 14.5. The highest BCUT2D eigenvalue weighted by Crippen LogP contribution is 2.21. The predicted octanol–water partition coefficient (Wildman–Crippen LogP) is 2.83. The Morgan fingerprint density at radius 2 is 1.86 bits per heavy atom. The van der Waals surface area contributed by atoms with Gasteiger partial charge in [-0.15, -0.1) is 0 Å². The van der Waals surface area contributed by atoms with Crippen LogP contribution in [-0.4, -0.2) is 32.4 Å². The number of furan rings is 1. The summed E-state index contributed by atoms with van der Waals surface area (Å²) in [5.74, 6) is 1.19. The van der Waals surface area contributed by atoms with Crippen molar-refractivity contribution in [2.24, 2.45) is 5.92 Å². The summed E-state index contributed by atoms with van der Waals surface area (Å²) in [6.45, 7) is 9.64. The first-order chi connectivity index (χ1) is 9.82.